The second kappa shape index (κ2) is 9.46. The topological polar surface area (TPSA) is 85.4 Å². The van der Waals surface area contributed by atoms with Crippen LogP contribution in [0.25, 0.3) is 0 Å². The van der Waals surface area contributed by atoms with E-state index in [0.717, 1.165) is 24.9 Å². The molecular weight excluding hydrogens is 320 g/mol. The molecule has 0 fully saturated rings. The highest BCUT2D eigenvalue weighted by Gasteiger charge is 2.09. The minimum Gasteiger partial charge on any atom is -0.493 e. The number of carbonyl (C=O) groups excluding carboxylic acids is 1. The van der Waals surface area contributed by atoms with E-state index >= 15 is 0 Å². The van der Waals surface area contributed by atoms with Crippen molar-refractivity contribution in [2.24, 2.45) is 0 Å². The Morgan fingerprint density at radius 1 is 1.04 bits per heavy atom. The Morgan fingerprint density at radius 3 is 2.40 bits per heavy atom. The lowest BCUT2D eigenvalue weighted by atomic mass is 10.1. The van der Waals surface area contributed by atoms with Gasteiger partial charge >= 0.3 is 0 Å². The van der Waals surface area contributed by atoms with Crippen molar-refractivity contribution < 1.29 is 14.3 Å². The molecule has 0 spiro atoms. The van der Waals surface area contributed by atoms with E-state index in [1.54, 1.807) is 38.5 Å². The quantitative estimate of drug-likeness (QED) is 0.680. The van der Waals surface area contributed by atoms with Crippen molar-refractivity contribution >= 4 is 17.5 Å². The van der Waals surface area contributed by atoms with Crippen molar-refractivity contribution in [3.05, 3.63) is 35.9 Å². The smallest absolute Gasteiger partial charge is 0.229 e. The molecule has 1 heterocycles. The van der Waals surface area contributed by atoms with E-state index in [4.69, 9.17) is 9.47 Å². The molecule has 0 aliphatic rings. The van der Waals surface area contributed by atoms with Gasteiger partial charge in [0, 0.05) is 6.54 Å². The number of ether oxygens (including phenoxy) is 2. The highest BCUT2D eigenvalue weighted by Crippen LogP contribution is 2.27. The molecule has 2 N–H and O–H groups in total. The van der Waals surface area contributed by atoms with Crippen LogP contribution in [-0.2, 0) is 11.2 Å². The molecule has 0 saturated heterocycles. The molecule has 0 bridgehead atoms. The molecule has 0 aliphatic carbocycles. The van der Waals surface area contributed by atoms with E-state index in [2.05, 4.69) is 27.8 Å². The molecule has 7 heteroatoms. The standard InChI is InChI=1S/C18H24N4O3/c1-4-5-10-19-16-8-9-17(22-21-16)20-18(23)12-13-6-7-14(24-2)15(11-13)25-3/h6-9,11H,4-5,10,12H2,1-3H3,(H,19,21)(H,20,22,23). The van der Waals surface area contributed by atoms with Crippen LogP contribution in [-0.4, -0.2) is 36.9 Å². The fraction of sp³-hybridized carbons (Fsp3) is 0.389. The van der Waals surface area contributed by atoms with Gasteiger partial charge in [0.15, 0.2) is 17.3 Å². The second-order valence-electron chi connectivity index (χ2n) is 5.50. The Hall–Kier alpha value is -2.83. The molecule has 2 rings (SSSR count). The molecule has 0 aliphatic heterocycles. The summed E-state index contributed by atoms with van der Waals surface area (Å²) in [5.41, 5.74) is 0.820. The van der Waals surface area contributed by atoms with Crippen LogP contribution < -0.4 is 20.1 Å². The molecule has 1 aromatic heterocycles. The summed E-state index contributed by atoms with van der Waals surface area (Å²) in [6.45, 7) is 2.99. The van der Waals surface area contributed by atoms with Crippen LogP contribution in [0.3, 0.4) is 0 Å². The van der Waals surface area contributed by atoms with Crippen LogP contribution in [0.1, 0.15) is 25.3 Å². The zero-order valence-corrected chi connectivity index (χ0v) is 14.8. The lowest BCUT2D eigenvalue weighted by molar-refractivity contribution is -0.115. The number of nitrogens with zero attached hydrogens (tertiary/aromatic N) is 2. The number of hydrogen-bond donors (Lipinski definition) is 2. The summed E-state index contributed by atoms with van der Waals surface area (Å²) in [4.78, 5) is 12.2. The molecule has 0 atom stereocenters. The first-order valence-electron chi connectivity index (χ1n) is 8.24. The van der Waals surface area contributed by atoms with Gasteiger partial charge in [0.2, 0.25) is 5.91 Å². The molecule has 1 aromatic carbocycles. The average Bonchev–Trinajstić information content (AvgIpc) is 2.63. The van der Waals surface area contributed by atoms with Crippen molar-refractivity contribution in [3.8, 4) is 11.5 Å². The highest BCUT2D eigenvalue weighted by atomic mass is 16.5. The van der Waals surface area contributed by atoms with Crippen molar-refractivity contribution in [2.75, 3.05) is 31.4 Å². The number of unbranched alkanes of at least 4 members (excludes halogenated alkanes) is 1. The second-order valence-corrected chi connectivity index (χ2v) is 5.50. The van der Waals surface area contributed by atoms with Gasteiger partial charge < -0.3 is 20.1 Å². The maximum Gasteiger partial charge on any atom is 0.229 e. The van der Waals surface area contributed by atoms with Crippen molar-refractivity contribution in [1.82, 2.24) is 10.2 Å². The van der Waals surface area contributed by atoms with E-state index in [9.17, 15) is 4.79 Å². The zero-order valence-electron chi connectivity index (χ0n) is 14.8. The fourth-order valence-corrected chi connectivity index (χ4v) is 2.25. The van der Waals surface area contributed by atoms with Crippen LogP contribution in [0.2, 0.25) is 0 Å². The number of anilines is 2. The SMILES string of the molecule is CCCCNc1ccc(NC(=O)Cc2ccc(OC)c(OC)c2)nn1. The molecule has 1 amide bonds. The number of aromatic nitrogens is 2. The van der Waals surface area contributed by atoms with Gasteiger partial charge in [0.1, 0.15) is 5.82 Å². The maximum absolute atomic E-state index is 12.2. The molecule has 0 unspecified atom stereocenters. The highest BCUT2D eigenvalue weighted by molar-refractivity contribution is 5.91. The number of rotatable bonds is 9. The van der Waals surface area contributed by atoms with Crippen molar-refractivity contribution in [3.63, 3.8) is 0 Å². The summed E-state index contributed by atoms with van der Waals surface area (Å²) in [6.07, 6.45) is 2.40. The Bertz CT molecular complexity index is 689. The summed E-state index contributed by atoms with van der Waals surface area (Å²) >= 11 is 0. The summed E-state index contributed by atoms with van der Waals surface area (Å²) < 4.78 is 10.4. The van der Waals surface area contributed by atoms with Crippen molar-refractivity contribution in [2.45, 2.75) is 26.2 Å². The third kappa shape index (κ3) is 5.63. The van der Waals surface area contributed by atoms with Gasteiger partial charge in [-0.05, 0) is 36.2 Å². The Morgan fingerprint density at radius 2 is 1.76 bits per heavy atom. The van der Waals surface area contributed by atoms with Gasteiger partial charge in [-0.3, -0.25) is 4.79 Å². The van der Waals surface area contributed by atoms with Gasteiger partial charge in [-0.15, -0.1) is 10.2 Å². The third-order valence-electron chi connectivity index (χ3n) is 3.58. The molecule has 25 heavy (non-hydrogen) atoms. The minimum atomic E-state index is -0.173. The predicted octanol–water partition coefficient (Wildman–Crippen LogP) is 2.89. The Balaban J connectivity index is 1.91. The summed E-state index contributed by atoms with van der Waals surface area (Å²) in [6, 6.07) is 8.92. The lowest BCUT2D eigenvalue weighted by Crippen LogP contribution is -2.16. The normalized spacial score (nSPS) is 10.2. The first-order chi connectivity index (χ1) is 12.2. The number of methoxy groups -OCH3 is 2. The number of benzene rings is 1. The van der Waals surface area contributed by atoms with Gasteiger partial charge in [0.05, 0.1) is 20.6 Å². The fourth-order valence-electron chi connectivity index (χ4n) is 2.25. The van der Waals surface area contributed by atoms with E-state index in [-0.39, 0.29) is 12.3 Å². The first kappa shape index (κ1) is 18.5. The molecule has 134 valence electrons. The van der Waals surface area contributed by atoms with E-state index in [1.165, 1.54) is 0 Å². The number of amides is 1. The van der Waals surface area contributed by atoms with Crippen LogP contribution in [0.5, 0.6) is 11.5 Å². The third-order valence-corrected chi connectivity index (χ3v) is 3.58. The van der Waals surface area contributed by atoms with Gasteiger partial charge in [-0.2, -0.15) is 0 Å². The summed E-state index contributed by atoms with van der Waals surface area (Å²) in [7, 11) is 3.14. The van der Waals surface area contributed by atoms with Crippen LogP contribution in [0, 0.1) is 0 Å². The summed E-state index contributed by atoms with van der Waals surface area (Å²) in [5.74, 6) is 2.17. The van der Waals surface area contributed by atoms with Gasteiger partial charge in [-0.1, -0.05) is 19.4 Å². The molecule has 0 saturated carbocycles. The molecule has 7 nitrogen and oxygen atoms in total. The van der Waals surface area contributed by atoms with E-state index in [0.29, 0.717) is 23.1 Å². The zero-order chi connectivity index (χ0) is 18.1. The van der Waals surface area contributed by atoms with Gasteiger partial charge in [-0.25, -0.2) is 0 Å². The number of hydrogen-bond acceptors (Lipinski definition) is 6. The van der Waals surface area contributed by atoms with Crippen LogP contribution >= 0.6 is 0 Å². The lowest BCUT2D eigenvalue weighted by Gasteiger charge is -2.10. The van der Waals surface area contributed by atoms with E-state index < -0.39 is 0 Å². The Labute approximate surface area is 147 Å². The predicted molar refractivity (Wildman–Crippen MR) is 97.3 cm³/mol. The molecule has 0 radical (unpaired) electrons. The van der Waals surface area contributed by atoms with Crippen molar-refractivity contribution in [1.29, 1.82) is 0 Å². The first-order valence-corrected chi connectivity index (χ1v) is 8.24. The minimum absolute atomic E-state index is 0.173. The van der Waals surface area contributed by atoms with Gasteiger partial charge in [0.25, 0.3) is 0 Å². The maximum atomic E-state index is 12.2. The van der Waals surface area contributed by atoms with E-state index in [1.807, 2.05) is 6.07 Å². The average molecular weight is 344 g/mol. The molecular formula is C18H24N4O3. The largest absolute Gasteiger partial charge is 0.493 e. The monoisotopic (exact) mass is 344 g/mol. The summed E-state index contributed by atoms with van der Waals surface area (Å²) in [5, 5.41) is 14.0. The number of nitrogens with one attached hydrogen (secondary N) is 2. The van der Waals surface area contributed by atoms with Crippen LogP contribution in [0.4, 0.5) is 11.6 Å². The number of carbonyl (C=O) groups is 1. The molecule has 2 aromatic rings. The van der Waals surface area contributed by atoms with Crippen LogP contribution in [0.15, 0.2) is 30.3 Å². The Kier molecular flexibility index (Phi) is 7.00.